The second-order valence-corrected chi connectivity index (χ2v) is 9.85. The monoisotopic (exact) mass is 393 g/mol. The van der Waals surface area contributed by atoms with Crippen LogP contribution in [0.4, 0.5) is 5.69 Å². The summed E-state index contributed by atoms with van der Waals surface area (Å²) in [5, 5.41) is 3.05. The first-order chi connectivity index (χ1) is 12.9. The third-order valence-electron chi connectivity index (χ3n) is 5.81. The number of para-hydroxylation sites is 1. The summed E-state index contributed by atoms with van der Waals surface area (Å²) in [6.45, 7) is 6.42. The molecule has 1 N–H and O–H groups in total. The van der Waals surface area contributed by atoms with Gasteiger partial charge in [0.1, 0.15) is 0 Å². The molecule has 0 bridgehead atoms. The maximum atomic E-state index is 12.4. The van der Waals surface area contributed by atoms with Gasteiger partial charge in [-0.05, 0) is 51.2 Å². The highest BCUT2D eigenvalue weighted by atomic mass is 32.2. The fourth-order valence-electron chi connectivity index (χ4n) is 4.15. The van der Waals surface area contributed by atoms with E-state index in [9.17, 15) is 13.2 Å². The minimum Gasteiger partial charge on any atom is -0.368 e. The molecule has 0 radical (unpaired) electrons. The molecule has 6 nitrogen and oxygen atoms in total. The third kappa shape index (κ3) is 4.63. The van der Waals surface area contributed by atoms with Crippen molar-refractivity contribution < 1.29 is 13.2 Å². The first-order valence-corrected chi connectivity index (χ1v) is 11.6. The number of benzene rings is 1. The molecule has 0 aliphatic carbocycles. The summed E-state index contributed by atoms with van der Waals surface area (Å²) in [6, 6.07) is 9.04. The van der Waals surface area contributed by atoms with Crippen LogP contribution < -0.4 is 10.2 Å². The number of fused-ring (bicyclic) bond motifs is 1. The Morgan fingerprint density at radius 2 is 1.93 bits per heavy atom. The van der Waals surface area contributed by atoms with Gasteiger partial charge in [0.05, 0.1) is 5.75 Å². The minimum atomic E-state index is -3.13. The van der Waals surface area contributed by atoms with Gasteiger partial charge in [-0.15, -0.1) is 0 Å². The van der Waals surface area contributed by atoms with Crippen molar-refractivity contribution in [2.24, 2.45) is 5.92 Å². The lowest BCUT2D eigenvalue weighted by atomic mass is 9.97. The Balaban J connectivity index is 1.40. The second kappa shape index (κ2) is 8.61. The standard InChI is InChI=1S/C20H31N3O3S/c1-3-27(25,26)22-13-9-17(10-14-22)20(24)21-11-6-12-23-16(2)15-18-7-4-5-8-19(18)23/h4-5,7-8,16-17H,3,6,9-15H2,1-2H3,(H,21,24). The van der Waals surface area contributed by atoms with E-state index in [2.05, 4.69) is 41.4 Å². The molecule has 2 aliphatic heterocycles. The van der Waals surface area contributed by atoms with E-state index in [0.29, 0.717) is 38.5 Å². The van der Waals surface area contributed by atoms with Crippen molar-refractivity contribution in [3.8, 4) is 0 Å². The van der Waals surface area contributed by atoms with Gasteiger partial charge in [-0.2, -0.15) is 0 Å². The Hall–Kier alpha value is -1.60. The van der Waals surface area contributed by atoms with Gasteiger partial charge in [-0.3, -0.25) is 4.79 Å². The van der Waals surface area contributed by atoms with Gasteiger partial charge in [0.15, 0.2) is 0 Å². The predicted octanol–water partition coefficient (Wildman–Crippen LogP) is 2.01. The summed E-state index contributed by atoms with van der Waals surface area (Å²) in [5.74, 6) is 0.125. The molecule has 1 unspecified atom stereocenters. The van der Waals surface area contributed by atoms with E-state index in [1.165, 1.54) is 15.6 Å². The van der Waals surface area contributed by atoms with Gasteiger partial charge in [-0.1, -0.05) is 18.2 Å². The molecule has 150 valence electrons. The average molecular weight is 394 g/mol. The molecule has 0 spiro atoms. The van der Waals surface area contributed by atoms with E-state index >= 15 is 0 Å². The van der Waals surface area contributed by atoms with Crippen LogP contribution in [0.1, 0.15) is 38.7 Å². The maximum absolute atomic E-state index is 12.4. The van der Waals surface area contributed by atoms with Crippen molar-refractivity contribution in [3.63, 3.8) is 0 Å². The number of nitrogens with zero attached hydrogens (tertiary/aromatic N) is 2. The summed E-state index contributed by atoms with van der Waals surface area (Å²) in [7, 11) is -3.13. The summed E-state index contributed by atoms with van der Waals surface area (Å²) in [5.41, 5.74) is 2.73. The number of rotatable bonds is 7. The van der Waals surface area contributed by atoms with E-state index in [0.717, 1.165) is 19.4 Å². The molecule has 0 saturated carbocycles. The van der Waals surface area contributed by atoms with Crippen LogP contribution in [-0.2, 0) is 21.2 Å². The number of hydrogen-bond acceptors (Lipinski definition) is 4. The first kappa shape index (κ1) is 20.1. The van der Waals surface area contributed by atoms with Crippen LogP contribution in [0.15, 0.2) is 24.3 Å². The Morgan fingerprint density at radius 3 is 2.63 bits per heavy atom. The Morgan fingerprint density at radius 1 is 1.22 bits per heavy atom. The number of carbonyl (C=O) groups excluding carboxylic acids is 1. The molecule has 1 amide bonds. The molecule has 27 heavy (non-hydrogen) atoms. The van der Waals surface area contributed by atoms with Gasteiger partial charge < -0.3 is 10.2 Å². The summed E-state index contributed by atoms with van der Waals surface area (Å²) >= 11 is 0. The zero-order valence-electron chi connectivity index (χ0n) is 16.4. The van der Waals surface area contributed by atoms with Crippen LogP contribution >= 0.6 is 0 Å². The molecule has 2 aliphatic rings. The largest absolute Gasteiger partial charge is 0.368 e. The fourth-order valence-corrected chi connectivity index (χ4v) is 5.29. The lowest BCUT2D eigenvalue weighted by Gasteiger charge is -2.30. The molecule has 1 aromatic rings. The molecule has 7 heteroatoms. The molecule has 1 aromatic carbocycles. The molecule has 1 saturated heterocycles. The smallest absolute Gasteiger partial charge is 0.223 e. The van der Waals surface area contributed by atoms with Gasteiger partial charge >= 0.3 is 0 Å². The third-order valence-corrected chi connectivity index (χ3v) is 7.69. The zero-order valence-corrected chi connectivity index (χ0v) is 17.2. The number of anilines is 1. The minimum absolute atomic E-state index is 0.0680. The van der Waals surface area contributed by atoms with Crippen LogP contribution in [0.3, 0.4) is 0 Å². The molecule has 3 rings (SSSR count). The summed E-state index contributed by atoms with van der Waals surface area (Å²) < 4.78 is 25.3. The first-order valence-electron chi connectivity index (χ1n) is 10.0. The lowest BCUT2D eigenvalue weighted by molar-refractivity contribution is -0.126. The normalized spacial score (nSPS) is 21.3. The van der Waals surface area contributed by atoms with E-state index in [4.69, 9.17) is 0 Å². The second-order valence-electron chi connectivity index (χ2n) is 7.59. The van der Waals surface area contributed by atoms with E-state index in [1.807, 2.05) is 0 Å². The highest BCUT2D eigenvalue weighted by Crippen LogP contribution is 2.31. The van der Waals surface area contributed by atoms with Crippen LogP contribution in [0.5, 0.6) is 0 Å². The molecule has 2 heterocycles. The van der Waals surface area contributed by atoms with Gasteiger partial charge in [0.2, 0.25) is 15.9 Å². The van der Waals surface area contributed by atoms with E-state index < -0.39 is 10.0 Å². The van der Waals surface area contributed by atoms with Crippen LogP contribution in [0.2, 0.25) is 0 Å². The fraction of sp³-hybridized carbons (Fsp3) is 0.650. The van der Waals surface area contributed by atoms with Gasteiger partial charge in [-0.25, -0.2) is 12.7 Å². The van der Waals surface area contributed by atoms with Crippen LogP contribution in [0, 0.1) is 5.92 Å². The number of amides is 1. The van der Waals surface area contributed by atoms with Crippen molar-refractivity contribution in [1.82, 2.24) is 9.62 Å². The van der Waals surface area contributed by atoms with E-state index in [1.54, 1.807) is 6.92 Å². The van der Waals surface area contributed by atoms with Gasteiger partial charge in [0, 0.05) is 43.8 Å². The Labute approximate surface area is 163 Å². The van der Waals surface area contributed by atoms with Crippen molar-refractivity contribution >= 4 is 21.6 Å². The highest BCUT2D eigenvalue weighted by Gasteiger charge is 2.30. The molecule has 1 fully saturated rings. The number of nitrogens with one attached hydrogen (secondary N) is 1. The molecule has 1 atom stereocenters. The number of hydrogen-bond donors (Lipinski definition) is 1. The summed E-state index contributed by atoms with van der Waals surface area (Å²) in [4.78, 5) is 14.8. The zero-order chi connectivity index (χ0) is 19.4. The summed E-state index contributed by atoms with van der Waals surface area (Å²) in [6.07, 6.45) is 3.22. The topological polar surface area (TPSA) is 69.7 Å². The van der Waals surface area contributed by atoms with Crippen molar-refractivity contribution in [2.75, 3.05) is 36.8 Å². The lowest BCUT2D eigenvalue weighted by Crippen LogP contribution is -2.43. The predicted molar refractivity (Wildman–Crippen MR) is 108 cm³/mol. The SMILES string of the molecule is CCS(=O)(=O)N1CCC(C(=O)NCCCN2c3ccccc3CC2C)CC1. The molecular formula is C20H31N3O3S. The van der Waals surface area contributed by atoms with Crippen molar-refractivity contribution in [2.45, 2.75) is 45.6 Å². The average Bonchev–Trinajstić information content (AvgIpc) is 3.00. The molecular weight excluding hydrogens is 362 g/mol. The Kier molecular flexibility index (Phi) is 6.42. The van der Waals surface area contributed by atoms with E-state index in [-0.39, 0.29) is 17.6 Å². The van der Waals surface area contributed by atoms with Crippen molar-refractivity contribution in [3.05, 3.63) is 29.8 Å². The van der Waals surface area contributed by atoms with Crippen LogP contribution in [-0.4, -0.2) is 56.6 Å². The molecule has 0 aromatic heterocycles. The highest BCUT2D eigenvalue weighted by molar-refractivity contribution is 7.89. The maximum Gasteiger partial charge on any atom is 0.223 e. The van der Waals surface area contributed by atoms with Crippen molar-refractivity contribution in [1.29, 1.82) is 0 Å². The number of carbonyl (C=O) groups is 1. The number of piperidine rings is 1. The van der Waals surface area contributed by atoms with Gasteiger partial charge in [0.25, 0.3) is 0 Å². The van der Waals surface area contributed by atoms with Crippen LogP contribution in [0.25, 0.3) is 0 Å². The number of sulfonamides is 1. The Bertz CT molecular complexity index is 757. The quantitative estimate of drug-likeness (QED) is 0.720.